The van der Waals surface area contributed by atoms with Crippen molar-refractivity contribution in [2.45, 2.75) is 31.8 Å². The normalized spacial score (nSPS) is 19.8. The Bertz CT molecular complexity index is 808. The number of carbonyl (C=O) groups is 2. The molecule has 25 heavy (non-hydrogen) atoms. The summed E-state index contributed by atoms with van der Waals surface area (Å²) in [4.78, 5) is 24.9. The Hall–Kier alpha value is -2.40. The first-order valence-corrected chi connectivity index (χ1v) is 8.94. The van der Waals surface area contributed by atoms with Gasteiger partial charge in [-0.05, 0) is 48.6 Å². The van der Waals surface area contributed by atoms with E-state index in [1.807, 2.05) is 36.4 Å². The maximum Gasteiger partial charge on any atom is 0.253 e. The lowest BCUT2D eigenvalue weighted by molar-refractivity contribution is -0.117. The van der Waals surface area contributed by atoms with Crippen LogP contribution >= 0.6 is 0 Å². The highest BCUT2D eigenvalue weighted by atomic mass is 16.5. The molecule has 1 aliphatic heterocycles. The molecule has 0 spiro atoms. The van der Waals surface area contributed by atoms with E-state index in [-0.39, 0.29) is 23.8 Å². The molecule has 1 saturated carbocycles. The van der Waals surface area contributed by atoms with Crippen LogP contribution in [0.2, 0.25) is 0 Å². The molecule has 2 aromatic carbocycles. The fourth-order valence-electron chi connectivity index (χ4n) is 3.22. The third-order valence-electron chi connectivity index (χ3n) is 4.85. The molecule has 5 nitrogen and oxygen atoms in total. The number of fused-ring (bicyclic) bond motifs is 1. The van der Waals surface area contributed by atoms with Gasteiger partial charge in [-0.2, -0.15) is 0 Å². The van der Waals surface area contributed by atoms with Gasteiger partial charge in [-0.1, -0.05) is 24.3 Å². The van der Waals surface area contributed by atoms with Gasteiger partial charge in [0.2, 0.25) is 5.91 Å². The van der Waals surface area contributed by atoms with Crippen LogP contribution in [-0.2, 0) is 9.53 Å². The molecule has 1 atom stereocenters. The standard InChI is InChI=1S/C20H22N2O3/c23-19(13-7-8-13)22-18-11-15-5-2-1-4-14(15)10-17(18)20(24)21-12-16-6-3-9-25-16/h1-2,4-5,10-11,13,16H,3,6-9,12H2,(H,21,24)(H,22,23)/t16-/m0/s1. The highest BCUT2D eigenvalue weighted by molar-refractivity contribution is 6.08. The summed E-state index contributed by atoms with van der Waals surface area (Å²) >= 11 is 0. The molecule has 1 heterocycles. The van der Waals surface area contributed by atoms with Crippen molar-refractivity contribution in [1.29, 1.82) is 0 Å². The minimum atomic E-state index is -0.174. The lowest BCUT2D eigenvalue weighted by Gasteiger charge is -2.15. The number of ether oxygens (including phenoxy) is 1. The van der Waals surface area contributed by atoms with Gasteiger partial charge in [0.05, 0.1) is 17.4 Å². The highest BCUT2D eigenvalue weighted by Gasteiger charge is 2.30. The number of hydrogen-bond donors (Lipinski definition) is 2. The van der Waals surface area contributed by atoms with E-state index >= 15 is 0 Å². The van der Waals surface area contributed by atoms with Crippen molar-refractivity contribution in [2.24, 2.45) is 5.92 Å². The number of amides is 2. The maximum absolute atomic E-state index is 12.7. The van der Waals surface area contributed by atoms with Crippen molar-refractivity contribution in [3.8, 4) is 0 Å². The SMILES string of the molecule is O=C(NC[C@@H]1CCCO1)c1cc2ccccc2cc1NC(=O)C1CC1. The van der Waals surface area contributed by atoms with Crippen LogP contribution in [0.3, 0.4) is 0 Å². The predicted molar refractivity (Wildman–Crippen MR) is 96.6 cm³/mol. The van der Waals surface area contributed by atoms with E-state index < -0.39 is 0 Å². The van der Waals surface area contributed by atoms with Crippen molar-refractivity contribution in [2.75, 3.05) is 18.5 Å². The Labute approximate surface area is 146 Å². The zero-order valence-electron chi connectivity index (χ0n) is 14.1. The molecule has 0 radical (unpaired) electrons. The number of hydrogen-bond acceptors (Lipinski definition) is 3. The molecule has 1 saturated heterocycles. The summed E-state index contributed by atoms with van der Waals surface area (Å²) in [7, 11) is 0. The lowest BCUT2D eigenvalue weighted by atomic mass is 10.0. The van der Waals surface area contributed by atoms with Gasteiger partial charge in [0.1, 0.15) is 0 Å². The smallest absolute Gasteiger partial charge is 0.253 e. The van der Waals surface area contributed by atoms with Gasteiger partial charge in [0, 0.05) is 19.1 Å². The minimum Gasteiger partial charge on any atom is -0.376 e. The van der Waals surface area contributed by atoms with Gasteiger partial charge in [0.25, 0.3) is 5.91 Å². The summed E-state index contributed by atoms with van der Waals surface area (Å²) in [6, 6.07) is 11.6. The average molecular weight is 338 g/mol. The van der Waals surface area contributed by atoms with Crippen LogP contribution in [-0.4, -0.2) is 31.1 Å². The Balaban J connectivity index is 1.59. The number of nitrogens with one attached hydrogen (secondary N) is 2. The van der Waals surface area contributed by atoms with Crippen molar-refractivity contribution in [1.82, 2.24) is 5.32 Å². The molecule has 2 aliphatic rings. The molecule has 2 N–H and O–H groups in total. The molecular weight excluding hydrogens is 316 g/mol. The highest BCUT2D eigenvalue weighted by Crippen LogP contribution is 2.32. The zero-order chi connectivity index (χ0) is 17.2. The van der Waals surface area contributed by atoms with E-state index in [0.29, 0.717) is 17.8 Å². The van der Waals surface area contributed by atoms with Crippen LogP contribution in [0.4, 0.5) is 5.69 Å². The first-order valence-electron chi connectivity index (χ1n) is 8.94. The van der Waals surface area contributed by atoms with Gasteiger partial charge in [-0.15, -0.1) is 0 Å². The summed E-state index contributed by atoms with van der Waals surface area (Å²) in [6.07, 6.45) is 3.97. The topological polar surface area (TPSA) is 67.4 Å². The summed E-state index contributed by atoms with van der Waals surface area (Å²) in [5.74, 6) is -0.0786. The number of anilines is 1. The van der Waals surface area contributed by atoms with Crippen LogP contribution in [0.15, 0.2) is 36.4 Å². The van der Waals surface area contributed by atoms with E-state index in [0.717, 1.165) is 43.1 Å². The van der Waals surface area contributed by atoms with Gasteiger partial charge in [-0.25, -0.2) is 0 Å². The van der Waals surface area contributed by atoms with Crippen molar-refractivity contribution in [3.05, 3.63) is 42.0 Å². The Morgan fingerprint density at radius 1 is 1.08 bits per heavy atom. The second-order valence-electron chi connectivity index (χ2n) is 6.85. The Morgan fingerprint density at radius 3 is 2.52 bits per heavy atom. The zero-order valence-corrected chi connectivity index (χ0v) is 14.1. The third kappa shape index (κ3) is 3.66. The minimum absolute atomic E-state index is 0.00320. The van der Waals surface area contributed by atoms with Gasteiger partial charge >= 0.3 is 0 Å². The van der Waals surface area contributed by atoms with Crippen molar-refractivity contribution < 1.29 is 14.3 Å². The number of carbonyl (C=O) groups excluding carboxylic acids is 2. The molecular formula is C20H22N2O3. The second-order valence-corrected chi connectivity index (χ2v) is 6.85. The second kappa shape index (κ2) is 6.84. The first kappa shape index (κ1) is 16.1. The van der Waals surface area contributed by atoms with E-state index in [1.165, 1.54) is 0 Å². The molecule has 130 valence electrons. The van der Waals surface area contributed by atoms with Crippen LogP contribution in [0.5, 0.6) is 0 Å². The first-order chi connectivity index (χ1) is 12.2. The Morgan fingerprint density at radius 2 is 1.84 bits per heavy atom. The van der Waals surface area contributed by atoms with Gasteiger partial charge in [-0.3, -0.25) is 9.59 Å². The lowest BCUT2D eigenvalue weighted by Crippen LogP contribution is -2.32. The molecule has 2 amide bonds. The van der Waals surface area contributed by atoms with Crippen LogP contribution in [0.1, 0.15) is 36.0 Å². The van der Waals surface area contributed by atoms with Crippen LogP contribution < -0.4 is 10.6 Å². The van der Waals surface area contributed by atoms with Crippen LogP contribution in [0.25, 0.3) is 10.8 Å². The monoisotopic (exact) mass is 338 g/mol. The maximum atomic E-state index is 12.7. The molecule has 0 aromatic heterocycles. The van der Waals surface area contributed by atoms with E-state index in [4.69, 9.17) is 4.74 Å². The fourth-order valence-corrected chi connectivity index (χ4v) is 3.22. The average Bonchev–Trinajstić information content (AvgIpc) is 3.35. The van der Waals surface area contributed by atoms with E-state index in [1.54, 1.807) is 0 Å². The molecule has 5 heteroatoms. The van der Waals surface area contributed by atoms with Crippen molar-refractivity contribution >= 4 is 28.3 Å². The molecule has 2 aromatic rings. The van der Waals surface area contributed by atoms with Crippen LogP contribution in [0, 0.1) is 5.92 Å². The quantitative estimate of drug-likeness (QED) is 0.880. The molecule has 0 bridgehead atoms. The van der Waals surface area contributed by atoms with Gasteiger partial charge < -0.3 is 15.4 Å². The van der Waals surface area contributed by atoms with E-state index in [9.17, 15) is 9.59 Å². The number of rotatable bonds is 5. The molecule has 4 rings (SSSR count). The summed E-state index contributed by atoms with van der Waals surface area (Å²) in [5, 5.41) is 7.88. The molecule has 1 aliphatic carbocycles. The summed E-state index contributed by atoms with van der Waals surface area (Å²) in [6.45, 7) is 1.26. The molecule has 2 fully saturated rings. The van der Waals surface area contributed by atoms with Gasteiger partial charge in [0.15, 0.2) is 0 Å². The van der Waals surface area contributed by atoms with Crippen molar-refractivity contribution in [3.63, 3.8) is 0 Å². The molecule has 0 unspecified atom stereocenters. The summed E-state index contributed by atoms with van der Waals surface area (Å²) in [5.41, 5.74) is 1.09. The predicted octanol–water partition coefficient (Wildman–Crippen LogP) is 3.10. The fraction of sp³-hybridized carbons (Fsp3) is 0.400. The summed E-state index contributed by atoms with van der Waals surface area (Å²) < 4.78 is 5.56. The Kier molecular flexibility index (Phi) is 4.40. The number of benzene rings is 2. The van der Waals surface area contributed by atoms with E-state index in [2.05, 4.69) is 10.6 Å². The largest absolute Gasteiger partial charge is 0.376 e. The third-order valence-corrected chi connectivity index (χ3v) is 4.85.